The van der Waals surface area contributed by atoms with E-state index < -0.39 is 6.10 Å². The molecule has 0 aromatic heterocycles. The summed E-state index contributed by atoms with van der Waals surface area (Å²) in [5.74, 6) is 1.80. The van der Waals surface area contributed by atoms with Crippen molar-refractivity contribution >= 4 is 17.7 Å². The molecule has 70 valence electrons. The van der Waals surface area contributed by atoms with Crippen LogP contribution >= 0.6 is 11.8 Å². The molecule has 4 heteroatoms. The Hall–Kier alpha value is -0.220. The number of nitrogens with zero attached hydrogens (tertiary/aromatic N) is 1. The molecular weight excluding hydrogens is 174 g/mol. The van der Waals surface area contributed by atoms with Crippen molar-refractivity contribution in [2.45, 2.75) is 19.4 Å². The van der Waals surface area contributed by atoms with Crippen LogP contribution < -0.4 is 0 Å². The van der Waals surface area contributed by atoms with Gasteiger partial charge < -0.3 is 10.0 Å². The molecule has 1 N–H and O–H groups in total. The van der Waals surface area contributed by atoms with Gasteiger partial charge in [0.15, 0.2) is 0 Å². The molecule has 1 amide bonds. The third kappa shape index (κ3) is 3.03. The van der Waals surface area contributed by atoms with Crippen molar-refractivity contribution in [3.63, 3.8) is 0 Å². The SMILES string of the molecule is CC(O)CN1CCCSCC1=O. The van der Waals surface area contributed by atoms with Crippen molar-refractivity contribution in [2.75, 3.05) is 24.6 Å². The van der Waals surface area contributed by atoms with Gasteiger partial charge in [0.1, 0.15) is 0 Å². The zero-order valence-electron chi connectivity index (χ0n) is 7.32. The van der Waals surface area contributed by atoms with Crippen molar-refractivity contribution in [2.24, 2.45) is 0 Å². The highest BCUT2D eigenvalue weighted by molar-refractivity contribution is 7.99. The lowest BCUT2D eigenvalue weighted by Crippen LogP contribution is -2.37. The van der Waals surface area contributed by atoms with E-state index in [-0.39, 0.29) is 5.91 Å². The van der Waals surface area contributed by atoms with Crippen LogP contribution in [-0.4, -0.2) is 46.6 Å². The quantitative estimate of drug-likeness (QED) is 0.680. The molecule has 1 heterocycles. The molecular formula is C8H15NO2S. The molecule has 0 spiro atoms. The van der Waals surface area contributed by atoms with Gasteiger partial charge in [-0.2, -0.15) is 11.8 Å². The first-order valence-electron chi connectivity index (χ1n) is 4.23. The maximum absolute atomic E-state index is 11.3. The van der Waals surface area contributed by atoms with E-state index in [4.69, 9.17) is 5.11 Å². The summed E-state index contributed by atoms with van der Waals surface area (Å²) in [6.45, 7) is 3.00. The lowest BCUT2D eigenvalue weighted by molar-refractivity contribution is -0.129. The van der Waals surface area contributed by atoms with Crippen LogP contribution in [0.2, 0.25) is 0 Å². The minimum Gasteiger partial charge on any atom is -0.392 e. The first-order valence-corrected chi connectivity index (χ1v) is 5.39. The predicted molar refractivity (Wildman–Crippen MR) is 50.2 cm³/mol. The van der Waals surface area contributed by atoms with Crippen LogP contribution in [0.3, 0.4) is 0 Å². The van der Waals surface area contributed by atoms with Crippen LogP contribution in [0.25, 0.3) is 0 Å². The normalized spacial score (nSPS) is 22.2. The minimum atomic E-state index is -0.406. The van der Waals surface area contributed by atoms with Crippen LogP contribution in [0.5, 0.6) is 0 Å². The maximum atomic E-state index is 11.3. The molecule has 0 aromatic rings. The highest BCUT2D eigenvalue weighted by atomic mass is 32.2. The molecule has 1 atom stereocenters. The van der Waals surface area contributed by atoms with Crippen molar-refractivity contribution in [1.82, 2.24) is 4.90 Å². The molecule has 0 saturated carbocycles. The van der Waals surface area contributed by atoms with E-state index in [2.05, 4.69) is 0 Å². The molecule has 1 aliphatic heterocycles. The summed E-state index contributed by atoms with van der Waals surface area (Å²) >= 11 is 1.68. The van der Waals surface area contributed by atoms with Gasteiger partial charge in [0.05, 0.1) is 11.9 Å². The van der Waals surface area contributed by atoms with Crippen LogP contribution in [0.4, 0.5) is 0 Å². The van der Waals surface area contributed by atoms with Gasteiger partial charge in [-0.25, -0.2) is 0 Å². The van der Waals surface area contributed by atoms with Gasteiger partial charge in [-0.1, -0.05) is 0 Å². The summed E-state index contributed by atoms with van der Waals surface area (Å²) in [6, 6.07) is 0. The second kappa shape index (κ2) is 4.72. The van der Waals surface area contributed by atoms with E-state index in [0.717, 1.165) is 18.7 Å². The van der Waals surface area contributed by atoms with Crippen LogP contribution in [0.15, 0.2) is 0 Å². The number of hydrogen-bond donors (Lipinski definition) is 1. The summed E-state index contributed by atoms with van der Waals surface area (Å²) in [6.07, 6.45) is 0.639. The van der Waals surface area contributed by atoms with E-state index >= 15 is 0 Å². The number of β-amino-alcohol motifs (C(OH)–C–C–N with tert-alkyl or cyclic N) is 1. The van der Waals surface area contributed by atoms with Crippen molar-refractivity contribution in [3.05, 3.63) is 0 Å². The topological polar surface area (TPSA) is 40.5 Å². The molecule has 1 aliphatic rings. The van der Waals surface area contributed by atoms with Crippen LogP contribution in [0, 0.1) is 0 Å². The van der Waals surface area contributed by atoms with Gasteiger partial charge >= 0.3 is 0 Å². The Kier molecular flexibility index (Phi) is 3.88. The van der Waals surface area contributed by atoms with E-state index in [1.165, 1.54) is 0 Å². The zero-order chi connectivity index (χ0) is 8.97. The van der Waals surface area contributed by atoms with E-state index in [0.29, 0.717) is 12.3 Å². The van der Waals surface area contributed by atoms with Crippen molar-refractivity contribution in [3.8, 4) is 0 Å². The monoisotopic (exact) mass is 189 g/mol. The Balaban J connectivity index is 2.42. The second-order valence-corrected chi connectivity index (χ2v) is 4.20. The van der Waals surface area contributed by atoms with Crippen LogP contribution in [0.1, 0.15) is 13.3 Å². The van der Waals surface area contributed by atoms with Gasteiger partial charge in [-0.3, -0.25) is 4.79 Å². The van der Waals surface area contributed by atoms with Crippen LogP contribution in [-0.2, 0) is 4.79 Å². The third-order valence-electron chi connectivity index (χ3n) is 1.78. The largest absolute Gasteiger partial charge is 0.392 e. The molecule has 3 nitrogen and oxygen atoms in total. The number of aliphatic hydroxyl groups is 1. The summed E-state index contributed by atoms with van der Waals surface area (Å²) < 4.78 is 0. The zero-order valence-corrected chi connectivity index (χ0v) is 8.14. The molecule has 12 heavy (non-hydrogen) atoms. The van der Waals surface area contributed by atoms with E-state index in [1.807, 2.05) is 0 Å². The molecule has 0 bridgehead atoms. The molecule has 0 aromatic carbocycles. The molecule has 1 fully saturated rings. The summed E-state index contributed by atoms with van der Waals surface area (Å²) in [5.41, 5.74) is 0. The Morgan fingerprint density at radius 3 is 3.17 bits per heavy atom. The number of amides is 1. The molecule has 1 saturated heterocycles. The summed E-state index contributed by atoms with van der Waals surface area (Å²) in [7, 11) is 0. The minimum absolute atomic E-state index is 0.165. The fourth-order valence-corrected chi connectivity index (χ4v) is 2.08. The molecule has 1 unspecified atom stereocenters. The lowest BCUT2D eigenvalue weighted by Gasteiger charge is -2.21. The molecule has 0 aliphatic carbocycles. The fourth-order valence-electron chi connectivity index (χ4n) is 1.24. The number of carbonyl (C=O) groups excluding carboxylic acids is 1. The van der Waals surface area contributed by atoms with Gasteiger partial charge in [-0.05, 0) is 19.1 Å². The first-order chi connectivity index (χ1) is 5.70. The third-order valence-corrected chi connectivity index (χ3v) is 2.81. The van der Waals surface area contributed by atoms with Crippen molar-refractivity contribution in [1.29, 1.82) is 0 Å². The fraction of sp³-hybridized carbons (Fsp3) is 0.875. The van der Waals surface area contributed by atoms with Gasteiger partial charge in [0.25, 0.3) is 0 Å². The number of hydrogen-bond acceptors (Lipinski definition) is 3. The second-order valence-electron chi connectivity index (χ2n) is 3.09. The van der Waals surface area contributed by atoms with E-state index in [1.54, 1.807) is 23.6 Å². The average Bonchev–Trinajstić information content (AvgIpc) is 2.16. The van der Waals surface area contributed by atoms with Gasteiger partial charge in [0, 0.05) is 13.1 Å². The van der Waals surface area contributed by atoms with Gasteiger partial charge in [-0.15, -0.1) is 0 Å². The molecule has 0 radical (unpaired) electrons. The average molecular weight is 189 g/mol. The maximum Gasteiger partial charge on any atom is 0.232 e. The summed E-state index contributed by atoms with van der Waals surface area (Å²) in [5, 5.41) is 9.11. The Labute approximate surface area is 77.1 Å². The lowest BCUT2D eigenvalue weighted by atomic mass is 10.3. The highest BCUT2D eigenvalue weighted by Gasteiger charge is 2.17. The number of rotatable bonds is 2. The first kappa shape index (κ1) is 9.86. The van der Waals surface area contributed by atoms with E-state index in [9.17, 15) is 4.79 Å². The Morgan fingerprint density at radius 2 is 2.50 bits per heavy atom. The Bertz CT molecular complexity index is 161. The highest BCUT2D eigenvalue weighted by Crippen LogP contribution is 2.11. The number of thioether (sulfide) groups is 1. The standard InChI is InChI=1S/C8H15NO2S/c1-7(10)5-9-3-2-4-12-6-8(9)11/h7,10H,2-6H2,1H3. The number of carbonyl (C=O) groups is 1. The van der Waals surface area contributed by atoms with Gasteiger partial charge in [0.2, 0.25) is 5.91 Å². The Morgan fingerprint density at radius 1 is 1.75 bits per heavy atom. The van der Waals surface area contributed by atoms with Crippen molar-refractivity contribution < 1.29 is 9.90 Å². The number of aliphatic hydroxyl groups excluding tert-OH is 1. The molecule has 1 rings (SSSR count). The predicted octanol–water partition coefficient (Wildman–Crippen LogP) is 0.333. The summed E-state index contributed by atoms with van der Waals surface area (Å²) in [4.78, 5) is 13.1. The smallest absolute Gasteiger partial charge is 0.232 e.